The maximum absolute atomic E-state index is 12.6. The van der Waals surface area contributed by atoms with Gasteiger partial charge in [-0.15, -0.1) is 0 Å². The lowest BCUT2D eigenvalue weighted by Gasteiger charge is -2.11. The number of hydrogen-bond donors (Lipinski definition) is 1. The topological polar surface area (TPSA) is 65.4 Å². The number of rotatable bonds is 9. The van der Waals surface area contributed by atoms with Gasteiger partial charge in [0.2, 0.25) is 5.91 Å². The fourth-order valence-corrected chi connectivity index (χ4v) is 3.02. The molecule has 0 radical (unpaired) electrons. The molecule has 1 heterocycles. The fraction of sp³-hybridized carbons (Fsp3) is 0.238. The number of carbonyl (C=O) groups excluding carboxylic acids is 1. The normalized spacial score (nSPS) is 11.6. The molecule has 0 aliphatic carbocycles. The molecule has 0 bridgehead atoms. The Morgan fingerprint density at radius 3 is 2.61 bits per heavy atom. The second-order valence-corrected chi connectivity index (χ2v) is 6.38. The van der Waals surface area contributed by atoms with Crippen molar-refractivity contribution in [1.82, 2.24) is 14.9 Å². The van der Waals surface area contributed by atoms with Gasteiger partial charge in [-0.1, -0.05) is 12.1 Å². The van der Waals surface area contributed by atoms with Crippen LogP contribution in [0.5, 0.6) is 11.5 Å². The van der Waals surface area contributed by atoms with E-state index in [9.17, 15) is 22.4 Å². The van der Waals surface area contributed by atoms with Crippen LogP contribution in [-0.4, -0.2) is 35.2 Å². The Balaban J connectivity index is 1.63. The molecule has 3 rings (SSSR count). The van der Waals surface area contributed by atoms with Gasteiger partial charge in [-0.2, -0.15) is 17.6 Å². The van der Waals surface area contributed by atoms with E-state index in [0.29, 0.717) is 13.1 Å². The first-order chi connectivity index (χ1) is 14.8. The monoisotopic (exact) mass is 437 g/mol. The number of benzene rings is 2. The van der Waals surface area contributed by atoms with Gasteiger partial charge in [-0.25, -0.2) is 4.98 Å². The molecule has 0 fully saturated rings. The zero-order valence-electron chi connectivity index (χ0n) is 16.4. The smallest absolute Gasteiger partial charge is 0.387 e. The van der Waals surface area contributed by atoms with Crippen molar-refractivity contribution in [1.29, 1.82) is 0 Å². The summed E-state index contributed by atoms with van der Waals surface area (Å²) in [5.41, 5.74) is 1.91. The lowest BCUT2D eigenvalue weighted by molar-refractivity contribution is -0.116. The van der Waals surface area contributed by atoms with Gasteiger partial charge in [0.15, 0.2) is 0 Å². The van der Waals surface area contributed by atoms with Crippen molar-refractivity contribution in [3.8, 4) is 11.5 Å². The van der Waals surface area contributed by atoms with Gasteiger partial charge < -0.3 is 19.4 Å². The summed E-state index contributed by atoms with van der Waals surface area (Å²) < 4.78 is 60.3. The number of aryl methyl sites for hydroxylation is 1. The van der Waals surface area contributed by atoms with Crippen molar-refractivity contribution in [2.45, 2.75) is 26.7 Å². The Kier molecular flexibility index (Phi) is 7.11. The van der Waals surface area contributed by atoms with Gasteiger partial charge in [0.05, 0.1) is 11.0 Å². The first-order valence-corrected chi connectivity index (χ1v) is 9.25. The molecule has 10 heteroatoms. The number of carbonyl (C=O) groups is 1. The van der Waals surface area contributed by atoms with Crippen molar-refractivity contribution < 1.29 is 31.8 Å². The lowest BCUT2D eigenvalue weighted by atomic mass is 10.1. The third kappa shape index (κ3) is 5.97. The molecule has 0 atom stereocenters. The molecule has 1 N–H and O–H groups in total. The van der Waals surface area contributed by atoms with Gasteiger partial charge in [0, 0.05) is 30.8 Å². The van der Waals surface area contributed by atoms with Gasteiger partial charge >= 0.3 is 13.2 Å². The third-order valence-corrected chi connectivity index (χ3v) is 4.32. The van der Waals surface area contributed by atoms with Crippen LogP contribution in [0.3, 0.4) is 0 Å². The molecular formula is C21H19F4N3O3. The van der Waals surface area contributed by atoms with Gasteiger partial charge in [0.25, 0.3) is 0 Å². The molecule has 0 spiro atoms. The second-order valence-electron chi connectivity index (χ2n) is 6.38. The van der Waals surface area contributed by atoms with E-state index < -0.39 is 24.9 Å². The molecule has 1 amide bonds. The Morgan fingerprint density at radius 2 is 1.87 bits per heavy atom. The summed E-state index contributed by atoms with van der Waals surface area (Å²) >= 11 is 0. The summed E-state index contributed by atoms with van der Waals surface area (Å²) in [6, 6.07) is 10.9. The molecule has 0 unspecified atom stereocenters. The summed E-state index contributed by atoms with van der Waals surface area (Å²) in [5.74, 6) is -0.378. The summed E-state index contributed by atoms with van der Waals surface area (Å²) in [6.45, 7) is -3.61. The average Bonchev–Trinajstić information content (AvgIpc) is 3.02. The molecule has 3 aromatic rings. The number of amides is 1. The second kappa shape index (κ2) is 9.96. The minimum absolute atomic E-state index is 0.105. The molecule has 1 aromatic heterocycles. The van der Waals surface area contributed by atoms with Crippen LogP contribution in [0.2, 0.25) is 0 Å². The van der Waals surface area contributed by atoms with Crippen LogP contribution < -0.4 is 14.8 Å². The number of hydrogen-bond acceptors (Lipinski definition) is 4. The zero-order chi connectivity index (χ0) is 22.4. The molecule has 164 valence electrons. The van der Waals surface area contributed by atoms with Gasteiger partial charge in [-0.3, -0.25) is 4.79 Å². The molecule has 6 nitrogen and oxygen atoms in total. The predicted octanol–water partition coefficient (Wildman–Crippen LogP) is 4.38. The zero-order valence-corrected chi connectivity index (χ0v) is 16.4. The number of fused-ring (bicyclic) bond motifs is 1. The Bertz CT molecular complexity index is 1080. The predicted molar refractivity (Wildman–Crippen MR) is 106 cm³/mol. The van der Waals surface area contributed by atoms with E-state index in [1.165, 1.54) is 12.1 Å². The van der Waals surface area contributed by atoms with E-state index in [2.05, 4.69) is 19.8 Å². The number of nitrogens with one attached hydrogen (secondary N) is 1. The first kappa shape index (κ1) is 22.1. The average molecular weight is 437 g/mol. The van der Waals surface area contributed by atoms with Crippen molar-refractivity contribution in [3.63, 3.8) is 0 Å². The fourth-order valence-electron chi connectivity index (χ4n) is 3.02. The Labute approximate surface area is 175 Å². The molecule has 31 heavy (non-hydrogen) atoms. The summed E-state index contributed by atoms with van der Waals surface area (Å²) in [4.78, 5) is 16.6. The van der Waals surface area contributed by atoms with Crippen LogP contribution in [0.1, 0.15) is 11.4 Å². The Hall–Kier alpha value is -3.56. The number of imidazole rings is 1. The number of aromatic nitrogens is 2. The third-order valence-electron chi connectivity index (χ3n) is 4.32. The van der Waals surface area contributed by atoms with Crippen LogP contribution in [0.25, 0.3) is 17.1 Å². The van der Waals surface area contributed by atoms with Crippen LogP contribution in [0, 0.1) is 6.92 Å². The highest BCUT2D eigenvalue weighted by molar-refractivity contribution is 5.92. The minimum atomic E-state index is -3.17. The highest BCUT2D eigenvalue weighted by Crippen LogP contribution is 2.28. The standard InChI is InChI=1S/C21H19F4N3O3/c1-13-27-16-4-2-3-5-17(16)28(13)11-10-26-19(29)9-7-14-6-8-15(30-20(22)23)12-18(14)31-21(24)25/h2-9,12,20-21H,10-11H2,1H3,(H,26,29)/b9-7+. The van der Waals surface area contributed by atoms with Crippen molar-refractivity contribution in [2.75, 3.05) is 6.54 Å². The van der Waals surface area contributed by atoms with Crippen LogP contribution >= 0.6 is 0 Å². The molecule has 0 saturated carbocycles. The van der Waals surface area contributed by atoms with Crippen LogP contribution in [0.15, 0.2) is 48.5 Å². The molecule has 0 aliphatic heterocycles. The highest BCUT2D eigenvalue weighted by Gasteiger charge is 2.12. The Morgan fingerprint density at radius 1 is 1.13 bits per heavy atom. The number of ether oxygens (including phenoxy) is 2. The quantitative estimate of drug-likeness (QED) is 0.399. The van der Waals surface area contributed by atoms with Gasteiger partial charge in [-0.05, 0) is 37.3 Å². The summed E-state index contributed by atoms with van der Waals surface area (Å²) in [5, 5.41) is 2.69. The number of para-hydroxylation sites is 2. The summed E-state index contributed by atoms with van der Waals surface area (Å²) in [6.07, 6.45) is 2.39. The molecular weight excluding hydrogens is 418 g/mol. The van der Waals surface area contributed by atoms with E-state index in [1.807, 2.05) is 35.8 Å². The van der Waals surface area contributed by atoms with Crippen LogP contribution in [-0.2, 0) is 11.3 Å². The van der Waals surface area contributed by atoms with E-state index in [0.717, 1.165) is 35.1 Å². The van der Waals surface area contributed by atoms with Crippen molar-refractivity contribution >= 4 is 23.0 Å². The van der Waals surface area contributed by atoms with Crippen LogP contribution in [0.4, 0.5) is 17.6 Å². The van der Waals surface area contributed by atoms with Gasteiger partial charge in [0.1, 0.15) is 17.3 Å². The molecule has 0 aliphatic rings. The first-order valence-electron chi connectivity index (χ1n) is 9.25. The van der Waals surface area contributed by atoms with E-state index in [1.54, 1.807) is 0 Å². The van der Waals surface area contributed by atoms with Crippen molar-refractivity contribution in [2.24, 2.45) is 0 Å². The maximum Gasteiger partial charge on any atom is 0.387 e. The number of halogens is 4. The number of alkyl halides is 4. The minimum Gasteiger partial charge on any atom is -0.435 e. The lowest BCUT2D eigenvalue weighted by Crippen LogP contribution is -2.25. The van der Waals surface area contributed by atoms with E-state index in [4.69, 9.17) is 0 Å². The molecule has 0 saturated heterocycles. The highest BCUT2D eigenvalue weighted by atomic mass is 19.3. The largest absolute Gasteiger partial charge is 0.435 e. The van der Waals surface area contributed by atoms with Crippen molar-refractivity contribution in [3.05, 3.63) is 59.9 Å². The van der Waals surface area contributed by atoms with E-state index >= 15 is 0 Å². The summed E-state index contributed by atoms with van der Waals surface area (Å²) in [7, 11) is 0. The maximum atomic E-state index is 12.6. The molecule has 2 aromatic carbocycles. The SMILES string of the molecule is Cc1nc2ccccc2n1CCNC(=O)/C=C/c1ccc(OC(F)F)cc1OC(F)F. The number of nitrogens with zero attached hydrogens (tertiary/aromatic N) is 2. The van der Waals surface area contributed by atoms with E-state index in [-0.39, 0.29) is 11.3 Å².